The molecule has 5 heteroatoms. The number of ketones is 1. The van der Waals surface area contributed by atoms with E-state index < -0.39 is 0 Å². The van der Waals surface area contributed by atoms with E-state index in [2.05, 4.69) is 63.8 Å². The van der Waals surface area contributed by atoms with Crippen LogP contribution in [0, 0.1) is 5.92 Å². The van der Waals surface area contributed by atoms with Gasteiger partial charge in [-0.15, -0.1) is 0 Å². The van der Waals surface area contributed by atoms with Crippen LogP contribution in [0.5, 0.6) is 5.75 Å². The first-order valence-corrected chi connectivity index (χ1v) is 12.9. The third-order valence-electron chi connectivity index (χ3n) is 7.13. The molecule has 2 atom stereocenters. The van der Waals surface area contributed by atoms with Crippen LogP contribution in [0.25, 0.3) is 17.7 Å². The van der Waals surface area contributed by atoms with E-state index in [1.54, 1.807) is 18.0 Å². The molecule has 1 aromatic carbocycles. The Labute approximate surface area is 220 Å². The van der Waals surface area contributed by atoms with Gasteiger partial charge in [0.25, 0.3) is 0 Å². The topological polar surface area (TPSA) is 59.0 Å². The van der Waals surface area contributed by atoms with Crippen molar-refractivity contribution in [3.8, 4) is 5.75 Å². The van der Waals surface area contributed by atoms with Crippen molar-refractivity contribution >= 4 is 35.1 Å². The maximum absolute atomic E-state index is 13.5. The summed E-state index contributed by atoms with van der Waals surface area (Å²) >= 11 is 0. The highest BCUT2D eigenvalue weighted by molar-refractivity contribution is 6.51. The fourth-order valence-corrected chi connectivity index (χ4v) is 5.11. The predicted molar refractivity (Wildman–Crippen MR) is 153 cm³/mol. The highest BCUT2D eigenvalue weighted by atomic mass is 16.5. The average molecular weight is 497 g/mol. The first-order valence-electron chi connectivity index (χ1n) is 12.9. The van der Waals surface area contributed by atoms with Gasteiger partial charge >= 0.3 is 0 Å². The van der Waals surface area contributed by atoms with Gasteiger partial charge in [-0.05, 0) is 67.2 Å². The number of ether oxygens (including phenoxy) is 1. The number of carbonyl (C=O) groups is 2. The lowest BCUT2D eigenvalue weighted by Crippen LogP contribution is -2.35. The van der Waals surface area contributed by atoms with Crippen LogP contribution in [0.15, 0.2) is 70.8 Å². The zero-order valence-electron chi connectivity index (χ0n) is 22.5. The number of fused-ring (bicyclic) bond motifs is 2. The summed E-state index contributed by atoms with van der Waals surface area (Å²) in [6.07, 6.45) is 15.4. The Bertz CT molecular complexity index is 1320. The fraction of sp³-hybridized carbons (Fsp3) is 0.344. The number of dihydropyridines is 1. The summed E-state index contributed by atoms with van der Waals surface area (Å²) in [5.74, 6) is 0.783. The van der Waals surface area contributed by atoms with E-state index in [0.29, 0.717) is 25.3 Å². The molecule has 0 radical (unpaired) electrons. The van der Waals surface area contributed by atoms with Crippen LogP contribution in [-0.2, 0) is 9.59 Å². The van der Waals surface area contributed by atoms with Crippen LogP contribution < -0.4 is 4.74 Å². The normalized spacial score (nSPS) is 20.0. The number of hydrogen-bond donors (Lipinski definition) is 0. The SMILES string of the molecule is C=Cc1cc2c(cc1C=C(C)C)C1=C(CO2)C(C(=O)/C=C/CCN(C)C(C)=O)=NC(C2=CCC=C2)C1C. The highest BCUT2D eigenvalue weighted by Crippen LogP contribution is 2.45. The molecule has 0 aromatic heterocycles. The lowest BCUT2D eigenvalue weighted by molar-refractivity contribution is -0.127. The molecule has 3 aliphatic rings. The molecule has 1 aliphatic carbocycles. The van der Waals surface area contributed by atoms with Crippen LogP contribution in [0.2, 0.25) is 0 Å². The van der Waals surface area contributed by atoms with Crippen LogP contribution in [0.3, 0.4) is 0 Å². The molecular formula is C32H36N2O3. The van der Waals surface area contributed by atoms with Crippen molar-refractivity contribution in [1.29, 1.82) is 0 Å². The van der Waals surface area contributed by atoms with Gasteiger partial charge < -0.3 is 9.64 Å². The van der Waals surface area contributed by atoms with Gasteiger partial charge in [0.2, 0.25) is 11.7 Å². The standard InChI is InChI=1S/C32H36N2O3/c1-7-23-18-29-26(17-25(23)16-20(2)3)30-21(4)31(24-12-8-9-13-24)33-32(27(30)19-37-29)28(36)14-10-11-15-34(6)22(5)35/h7-8,10,12-14,16-18,21,31H,1,9,11,15,19H2,2-6H3/b14-10+. The molecule has 0 fully saturated rings. The van der Waals surface area contributed by atoms with Gasteiger partial charge in [0, 0.05) is 37.6 Å². The molecule has 37 heavy (non-hydrogen) atoms. The lowest BCUT2D eigenvalue weighted by Gasteiger charge is -2.35. The monoisotopic (exact) mass is 496 g/mol. The number of aliphatic imine (C=N–C) groups is 1. The number of carbonyl (C=O) groups excluding carboxylic acids is 2. The maximum Gasteiger partial charge on any atom is 0.219 e. The summed E-state index contributed by atoms with van der Waals surface area (Å²) in [6.45, 7) is 12.8. The highest BCUT2D eigenvalue weighted by Gasteiger charge is 2.38. The van der Waals surface area contributed by atoms with E-state index in [-0.39, 0.29) is 23.7 Å². The number of benzene rings is 1. The summed E-state index contributed by atoms with van der Waals surface area (Å²) in [6, 6.07) is 4.09. The molecule has 0 spiro atoms. The molecule has 0 saturated heterocycles. The maximum atomic E-state index is 13.5. The second-order valence-electron chi connectivity index (χ2n) is 10.1. The fourth-order valence-electron chi connectivity index (χ4n) is 5.11. The molecule has 4 rings (SSSR count). The van der Waals surface area contributed by atoms with Crippen molar-refractivity contribution in [2.45, 2.75) is 46.6 Å². The molecule has 0 saturated carbocycles. The van der Waals surface area contributed by atoms with Crippen LogP contribution in [0.4, 0.5) is 0 Å². The lowest BCUT2D eigenvalue weighted by atomic mass is 9.76. The number of hydrogen-bond acceptors (Lipinski definition) is 4. The van der Waals surface area contributed by atoms with Gasteiger partial charge in [-0.2, -0.15) is 0 Å². The molecule has 1 amide bonds. The second-order valence-corrected chi connectivity index (χ2v) is 10.1. The number of allylic oxidation sites excluding steroid dienone is 4. The largest absolute Gasteiger partial charge is 0.488 e. The Morgan fingerprint density at radius 1 is 1.22 bits per heavy atom. The molecule has 2 aliphatic heterocycles. The Morgan fingerprint density at radius 2 is 2.00 bits per heavy atom. The Hall–Kier alpha value is -3.73. The summed E-state index contributed by atoms with van der Waals surface area (Å²) in [5.41, 5.74) is 7.94. The molecular weight excluding hydrogens is 460 g/mol. The molecule has 0 N–H and O–H groups in total. The molecule has 2 unspecified atom stereocenters. The summed E-state index contributed by atoms with van der Waals surface area (Å²) in [7, 11) is 1.76. The Kier molecular flexibility index (Phi) is 7.91. The first kappa shape index (κ1) is 26.3. The van der Waals surface area contributed by atoms with Crippen molar-refractivity contribution in [3.63, 3.8) is 0 Å². The minimum absolute atomic E-state index is 0.00557. The Morgan fingerprint density at radius 3 is 2.65 bits per heavy atom. The van der Waals surface area contributed by atoms with Crippen LogP contribution in [-0.4, -0.2) is 48.5 Å². The van der Waals surface area contributed by atoms with Gasteiger partial charge in [0.05, 0.1) is 6.04 Å². The third kappa shape index (κ3) is 5.51. The van der Waals surface area contributed by atoms with E-state index in [9.17, 15) is 9.59 Å². The smallest absolute Gasteiger partial charge is 0.219 e. The van der Waals surface area contributed by atoms with Crippen LogP contribution in [0.1, 0.15) is 57.2 Å². The summed E-state index contributed by atoms with van der Waals surface area (Å²) < 4.78 is 6.21. The number of nitrogens with zero attached hydrogens (tertiary/aromatic N) is 2. The van der Waals surface area contributed by atoms with Gasteiger partial charge in [-0.1, -0.05) is 55.5 Å². The van der Waals surface area contributed by atoms with E-state index in [1.807, 2.05) is 12.2 Å². The van der Waals surface area contributed by atoms with Gasteiger partial charge in [0.1, 0.15) is 18.1 Å². The van der Waals surface area contributed by atoms with Crippen molar-refractivity contribution in [1.82, 2.24) is 4.90 Å². The summed E-state index contributed by atoms with van der Waals surface area (Å²) in [5, 5.41) is 0. The Balaban J connectivity index is 1.77. The van der Waals surface area contributed by atoms with E-state index in [4.69, 9.17) is 9.73 Å². The van der Waals surface area contributed by atoms with Crippen LogP contribution >= 0.6 is 0 Å². The molecule has 192 valence electrons. The second kappa shape index (κ2) is 11.1. The van der Waals surface area contributed by atoms with Gasteiger partial charge in [0.15, 0.2) is 0 Å². The van der Waals surface area contributed by atoms with E-state index in [1.165, 1.54) is 12.5 Å². The van der Waals surface area contributed by atoms with Crippen molar-refractivity contribution in [2.24, 2.45) is 10.9 Å². The van der Waals surface area contributed by atoms with E-state index in [0.717, 1.165) is 45.6 Å². The molecule has 1 aromatic rings. The van der Waals surface area contributed by atoms with E-state index >= 15 is 0 Å². The van der Waals surface area contributed by atoms with Gasteiger partial charge in [-0.3, -0.25) is 14.6 Å². The molecule has 0 bridgehead atoms. The van der Waals surface area contributed by atoms with Gasteiger partial charge in [-0.25, -0.2) is 0 Å². The molecule has 5 nitrogen and oxygen atoms in total. The third-order valence-corrected chi connectivity index (χ3v) is 7.13. The van der Waals surface area contributed by atoms with Crippen molar-refractivity contribution in [2.75, 3.05) is 20.2 Å². The zero-order valence-corrected chi connectivity index (χ0v) is 22.5. The first-order chi connectivity index (χ1) is 17.7. The van der Waals surface area contributed by atoms with Crippen molar-refractivity contribution < 1.29 is 14.3 Å². The molecule has 2 heterocycles. The summed E-state index contributed by atoms with van der Waals surface area (Å²) in [4.78, 5) is 31.6. The number of rotatable bonds is 8. The minimum atomic E-state index is -0.134. The predicted octanol–water partition coefficient (Wildman–Crippen LogP) is 6.24. The zero-order chi connectivity index (χ0) is 26.7. The quantitative estimate of drug-likeness (QED) is 0.401. The average Bonchev–Trinajstić information content (AvgIpc) is 3.40. The van der Waals surface area contributed by atoms with Crippen molar-refractivity contribution in [3.05, 3.63) is 82.5 Å². The minimum Gasteiger partial charge on any atom is -0.488 e. The number of amides is 1.